The number of amides is 1. The first-order chi connectivity index (χ1) is 11.6. The molecule has 0 fully saturated rings. The van der Waals surface area contributed by atoms with Crippen LogP contribution in [0.25, 0.3) is 11.3 Å². The fraction of sp³-hybridized carbons (Fsp3) is 0.316. The molecule has 1 heterocycles. The van der Waals surface area contributed by atoms with E-state index < -0.39 is 0 Å². The summed E-state index contributed by atoms with van der Waals surface area (Å²) in [6, 6.07) is 12.7. The molecular weight excluding hydrogens is 302 g/mol. The van der Waals surface area contributed by atoms with Crippen LogP contribution >= 0.6 is 0 Å². The Morgan fingerprint density at radius 1 is 1.33 bits per heavy atom. The summed E-state index contributed by atoms with van der Waals surface area (Å²) in [6.07, 6.45) is 2.60. The zero-order valence-electron chi connectivity index (χ0n) is 14.0. The molecule has 0 aliphatic carbocycles. The summed E-state index contributed by atoms with van der Waals surface area (Å²) in [7, 11) is 0. The second-order valence-corrected chi connectivity index (χ2v) is 5.62. The second kappa shape index (κ2) is 8.80. The molecule has 2 rings (SSSR count). The Hall–Kier alpha value is -2.71. The highest BCUT2D eigenvalue weighted by Gasteiger charge is 2.10. The number of carbonyl (C=O) groups is 1. The molecule has 0 unspecified atom stereocenters. The summed E-state index contributed by atoms with van der Waals surface area (Å²) >= 11 is 0. The van der Waals surface area contributed by atoms with Gasteiger partial charge < -0.3 is 10.1 Å². The van der Waals surface area contributed by atoms with E-state index in [9.17, 15) is 10.1 Å². The van der Waals surface area contributed by atoms with Crippen molar-refractivity contribution >= 4 is 5.91 Å². The Labute approximate surface area is 142 Å². The van der Waals surface area contributed by atoms with Crippen LogP contribution in [0.2, 0.25) is 0 Å². The van der Waals surface area contributed by atoms with Crippen LogP contribution in [0.15, 0.2) is 42.6 Å². The fourth-order valence-corrected chi connectivity index (χ4v) is 2.23. The van der Waals surface area contributed by atoms with Gasteiger partial charge in [-0.05, 0) is 44.5 Å². The number of rotatable bonds is 7. The molecular formula is C19H21N3O2. The maximum absolute atomic E-state index is 12.2. The SMILES string of the molecule is CC(C)OCCCNC(=O)c1cccc(-c2ncccc2C#N)c1. The Balaban J connectivity index is 2.02. The van der Waals surface area contributed by atoms with Crippen molar-refractivity contribution in [3.8, 4) is 17.3 Å². The molecule has 24 heavy (non-hydrogen) atoms. The van der Waals surface area contributed by atoms with Gasteiger partial charge in [0.25, 0.3) is 5.91 Å². The molecule has 0 saturated carbocycles. The van der Waals surface area contributed by atoms with Crippen molar-refractivity contribution in [2.24, 2.45) is 0 Å². The minimum atomic E-state index is -0.143. The molecule has 0 bridgehead atoms. The smallest absolute Gasteiger partial charge is 0.251 e. The van der Waals surface area contributed by atoms with Gasteiger partial charge in [-0.2, -0.15) is 5.26 Å². The molecule has 2 aromatic rings. The minimum Gasteiger partial charge on any atom is -0.379 e. The molecule has 0 saturated heterocycles. The Morgan fingerprint density at radius 2 is 2.17 bits per heavy atom. The van der Waals surface area contributed by atoms with Gasteiger partial charge in [0.15, 0.2) is 0 Å². The summed E-state index contributed by atoms with van der Waals surface area (Å²) in [4.78, 5) is 16.5. The predicted octanol–water partition coefficient (Wildman–Crippen LogP) is 3.17. The lowest BCUT2D eigenvalue weighted by molar-refractivity contribution is 0.0757. The molecule has 1 amide bonds. The van der Waals surface area contributed by atoms with E-state index in [1.165, 1.54) is 0 Å². The Bertz CT molecular complexity index is 735. The largest absolute Gasteiger partial charge is 0.379 e. The number of pyridine rings is 1. The molecule has 1 aromatic carbocycles. The first-order valence-corrected chi connectivity index (χ1v) is 7.97. The van der Waals surface area contributed by atoms with Gasteiger partial charge in [0.1, 0.15) is 6.07 Å². The highest BCUT2D eigenvalue weighted by atomic mass is 16.5. The van der Waals surface area contributed by atoms with E-state index in [1.54, 1.807) is 36.5 Å². The Morgan fingerprint density at radius 3 is 2.92 bits per heavy atom. The fourth-order valence-electron chi connectivity index (χ4n) is 2.23. The van der Waals surface area contributed by atoms with Crippen molar-refractivity contribution in [2.45, 2.75) is 26.4 Å². The van der Waals surface area contributed by atoms with Crippen LogP contribution in [0.3, 0.4) is 0 Å². The number of carbonyl (C=O) groups excluding carboxylic acids is 1. The van der Waals surface area contributed by atoms with Gasteiger partial charge in [0.05, 0.1) is 17.4 Å². The molecule has 0 aliphatic heterocycles. The van der Waals surface area contributed by atoms with E-state index in [4.69, 9.17) is 4.74 Å². The molecule has 0 radical (unpaired) electrons. The van der Waals surface area contributed by atoms with Gasteiger partial charge in [-0.1, -0.05) is 12.1 Å². The van der Waals surface area contributed by atoms with E-state index >= 15 is 0 Å². The Kier molecular flexibility index (Phi) is 6.47. The topological polar surface area (TPSA) is 75.0 Å². The zero-order valence-corrected chi connectivity index (χ0v) is 14.0. The summed E-state index contributed by atoms with van der Waals surface area (Å²) in [5.41, 5.74) is 2.37. The number of hydrogen-bond donors (Lipinski definition) is 1. The van der Waals surface area contributed by atoms with Crippen LogP contribution in [0.4, 0.5) is 0 Å². The standard InChI is InChI=1S/C19H21N3O2/c1-14(2)24-11-5-10-22-19(23)16-7-3-6-15(12-16)18-17(13-20)8-4-9-21-18/h3-4,6-9,12,14H,5,10-11H2,1-2H3,(H,22,23). The van der Waals surface area contributed by atoms with E-state index in [-0.39, 0.29) is 12.0 Å². The molecule has 0 spiro atoms. The van der Waals surface area contributed by atoms with Crippen LogP contribution in [-0.2, 0) is 4.74 Å². The number of benzene rings is 1. The van der Waals surface area contributed by atoms with Crippen LogP contribution in [-0.4, -0.2) is 30.1 Å². The van der Waals surface area contributed by atoms with Crippen LogP contribution in [0, 0.1) is 11.3 Å². The van der Waals surface area contributed by atoms with E-state index in [1.807, 2.05) is 19.9 Å². The zero-order chi connectivity index (χ0) is 17.4. The number of ether oxygens (including phenoxy) is 1. The third-order valence-corrected chi connectivity index (χ3v) is 3.38. The number of nitriles is 1. The molecule has 1 aromatic heterocycles. The van der Waals surface area contributed by atoms with Gasteiger partial charge >= 0.3 is 0 Å². The maximum Gasteiger partial charge on any atom is 0.251 e. The number of aromatic nitrogens is 1. The molecule has 5 nitrogen and oxygen atoms in total. The highest BCUT2D eigenvalue weighted by Crippen LogP contribution is 2.21. The quantitative estimate of drug-likeness (QED) is 0.794. The number of nitrogens with one attached hydrogen (secondary N) is 1. The van der Waals surface area contributed by atoms with Crippen LogP contribution in [0.5, 0.6) is 0 Å². The average Bonchev–Trinajstić information content (AvgIpc) is 2.61. The van der Waals surface area contributed by atoms with Crippen molar-refractivity contribution in [1.29, 1.82) is 5.26 Å². The van der Waals surface area contributed by atoms with E-state index in [0.29, 0.717) is 30.0 Å². The van der Waals surface area contributed by atoms with Gasteiger partial charge in [-0.3, -0.25) is 9.78 Å². The van der Waals surface area contributed by atoms with E-state index in [2.05, 4.69) is 16.4 Å². The van der Waals surface area contributed by atoms with Gasteiger partial charge in [-0.15, -0.1) is 0 Å². The highest BCUT2D eigenvalue weighted by molar-refractivity contribution is 5.95. The van der Waals surface area contributed by atoms with Crippen molar-refractivity contribution in [2.75, 3.05) is 13.2 Å². The van der Waals surface area contributed by atoms with Crippen LogP contribution < -0.4 is 5.32 Å². The molecule has 5 heteroatoms. The average molecular weight is 323 g/mol. The van der Waals surface area contributed by atoms with E-state index in [0.717, 1.165) is 12.0 Å². The van der Waals surface area contributed by atoms with Crippen molar-refractivity contribution in [3.63, 3.8) is 0 Å². The lowest BCUT2D eigenvalue weighted by atomic mass is 10.0. The monoisotopic (exact) mass is 323 g/mol. The van der Waals surface area contributed by atoms with Gasteiger partial charge in [0, 0.05) is 30.5 Å². The van der Waals surface area contributed by atoms with Gasteiger partial charge in [0.2, 0.25) is 0 Å². The van der Waals surface area contributed by atoms with Gasteiger partial charge in [-0.25, -0.2) is 0 Å². The number of nitrogens with zero attached hydrogens (tertiary/aromatic N) is 2. The molecule has 124 valence electrons. The summed E-state index contributed by atoms with van der Waals surface area (Å²) in [6.45, 7) is 5.15. The van der Waals surface area contributed by atoms with Crippen molar-refractivity contribution in [1.82, 2.24) is 10.3 Å². The molecule has 0 aliphatic rings. The maximum atomic E-state index is 12.2. The third-order valence-electron chi connectivity index (χ3n) is 3.38. The van der Waals surface area contributed by atoms with Crippen molar-refractivity contribution < 1.29 is 9.53 Å². The van der Waals surface area contributed by atoms with Crippen LogP contribution in [0.1, 0.15) is 36.2 Å². The summed E-state index contributed by atoms with van der Waals surface area (Å²) in [5.74, 6) is -0.143. The van der Waals surface area contributed by atoms with Crippen molar-refractivity contribution in [3.05, 3.63) is 53.7 Å². The second-order valence-electron chi connectivity index (χ2n) is 5.62. The lowest BCUT2D eigenvalue weighted by Gasteiger charge is -2.09. The molecule has 1 N–H and O–H groups in total. The minimum absolute atomic E-state index is 0.143. The first kappa shape index (κ1) is 17.6. The first-order valence-electron chi connectivity index (χ1n) is 7.97. The summed E-state index contributed by atoms with van der Waals surface area (Å²) < 4.78 is 5.44. The normalized spacial score (nSPS) is 10.4. The lowest BCUT2D eigenvalue weighted by Crippen LogP contribution is -2.25. The molecule has 0 atom stereocenters. The predicted molar refractivity (Wildman–Crippen MR) is 92.4 cm³/mol. The number of hydrogen-bond acceptors (Lipinski definition) is 4. The summed E-state index contributed by atoms with van der Waals surface area (Å²) in [5, 5.41) is 12.1. The third kappa shape index (κ3) is 4.90.